The van der Waals surface area contributed by atoms with Gasteiger partial charge in [-0.05, 0) is 47.3 Å². The van der Waals surface area contributed by atoms with E-state index in [9.17, 15) is 4.79 Å². The van der Waals surface area contributed by atoms with E-state index in [1.54, 1.807) is 6.20 Å². The molecule has 1 aromatic heterocycles. The summed E-state index contributed by atoms with van der Waals surface area (Å²) in [4.78, 5) is 16.4. The van der Waals surface area contributed by atoms with Crippen LogP contribution in [0.4, 0.5) is 5.82 Å². The number of hydrogen-bond donors (Lipinski definition) is 1. The van der Waals surface area contributed by atoms with E-state index < -0.39 is 0 Å². The molecule has 0 radical (unpaired) electrons. The van der Waals surface area contributed by atoms with E-state index >= 15 is 0 Å². The number of aryl methyl sites for hydroxylation is 1. The summed E-state index contributed by atoms with van der Waals surface area (Å²) in [5.41, 5.74) is 0.949. The molecule has 1 amide bonds. The van der Waals surface area contributed by atoms with Crippen molar-refractivity contribution in [2.45, 2.75) is 32.8 Å². The minimum atomic E-state index is -0.0557. The molecule has 18 heavy (non-hydrogen) atoms. The van der Waals surface area contributed by atoms with Gasteiger partial charge in [0.15, 0.2) is 0 Å². The maximum absolute atomic E-state index is 12.2. The molecule has 1 aliphatic heterocycles. The molecule has 0 aromatic carbocycles. The average molecular weight is 313 g/mol. The lowest BCUT2D eigenvalue weighted by Crippen LogP contribution is -2.29. The van der Waals surface area contributed by atoms with Crippen LogP contribution in [0.25, 0.3) is 0 Å². The van der Waals surface area contributed by atoms with Crippen molar-refractivity contribution in [2.24, 2.45) is 5.92 Å². The van der Waals surface area contributed by atoms with E-state index in [1.165, 1.54) is 0 Å². The van der Waals surface area contributed by atoms with E-state index in [4.69, 9.17) is 4.74 Å². The molecule has 4 nitrogen and oxygen atoms in total. The second kappa shape index (κ2) is 5.80. The molecule has 0 aliphatic carbocycles. The normalized spacial score (nSPS) is 23.1. The number of ether oxygens (including phenoxy) is 1. The largest absolute Gasteiger partial charge is 0.377 e. The Balaban J connectivity index is 2.07. The van der Waals surface area contributed by atoms with Crippen LogP contribution in [0.15, 0.2) is 16.7 Å². The van der Waals surface area contributed by atoms with E-state index in [2.05, 4.69) is 26.2 Å². The second-order valence-electron chi connectivity index (χ2n) is 4.52. The Labute approximate surface area is 115 Å². The number of halogens is 1. The summed E-state index contributed by atoms with van der Waals surface area (Å²) >= 11 is 3.35. The third-order valence-electron chi connectivity index (χ3n) is 3.24. The fourth-order valence-corrected chi connectivity index (χ4v) is 2.68. The molecule has 1 saturated heterocycles. The Morgan fingerprint density at radius 2 is 2.44 bits per heavy atom. The Morgan fingerprint density at radius 1 is 1.67 bits per heavy atom. The lowest BCUT2D eigenvalue weighted by atomic mass is 9.98. The maximum atomic E-state index is 12.2. The van der Waals surface area contributed by atoms with Gasteiger partial charge in [0.1, 0.15) is 5.82 Å². The molecular formula is C13H17BrN2O2. The minimum absolute atomic E-state index is 0.0114. The number of carbonyl (C=O) groups excluding carboxylic acids is 1. The van der Waals surface area contributed by atoms with Crippen molar-refractivity contribution in [1.82, 2.24) is 4.98 Å². The third-order valence-corrected chi connectivity index (χ3v) is 3.67. The molecule has 2 heterocycles. The first kappa shape index (κ1) is 13.5. The predicted octanol–water partition coefficient (Wildman–Crippen LogP) is 2.91. The molecule has 2 rings (SSSR count). The van der Waals surface area contributed by atoms with Gasteiger partial charge in [-0.3, -0.25) is 4.79 Å². The topological polar surface area (TPSA) is 51.2 Å². The SMILES string of the molecule is CCC1OCCC1C(=O)Nc1ncc(Br)cc1C. The molecule has 2 unspecified atom stereocenters. The number of carbonyl (C=O) groups is 1. The number of nitrogens with one attached hydrogen (secondary N) is 1. The van der Waals surface area contributed by atoms with E-state index in [0.717, 1.165) is 22.9 Å². The number of amides is 1. The highest BCUT2D eigenvalue weighted by Crippen LogP contribution is 2.25. The molecule has 5 heteroatoms. The summed E-state index contributed by atoms with van der Waals surface area (Å²) in [6.45, 7) is 4.64. The summed E-state index contributed by atoms with van der Waals surface area (Å²) in [6, 6.07) is 1.94. The fourth-order valence-electron chi connectivity index (χ4n) is 2.23. The van der Waals surface area contributed by atoms with Crippen LogP contribution in [0.1, 0.15) is 25.3 Å². The Bertz CT molecular complexity index is 451. The smallest absolute Gasteiger partial charge is 0.231 e. The fraction of sp³-hybridized carbons (Fsp3) is 0.538. The number of rotatable bonds is 3. The average Bonchev–Trinajstić information content (AvgIpc) is 2.81. The lowest BCUT2D eigenvalue weighted by molar-refractivity contribution is -0.121. The highest BCUT2D eigenvalue weighted by Gasteiger charge is 2.33. The van der Waals surface area contributed by atoms with Crippen LogP contribution < -0.4 is 5.32 Å². The number of anilines is 1. The number of aromatic nitrogens is 1. The summed E-state index contributed by atoms with van der Waals surface area (Å²) in [7, 11) is 0. The van der Waals surface area contributed by atoms with Gasteiger partial charge in [-0.15, -0.1) is 0 Å². The first-order chi connectivity index (χ1) is 8.61. The Hall–Kier alpha value is -0.940. The van der Waals surface area contributed by atoms with Gasteiger partial charge in [-0.25, -0.2) is 4.98 Å². The zero-order valence-corrected chi connectivity index (χ0v) is 12.2. The summed E-state index contributed by atoms with van der Waals surface area (Å²) in [6.07, 6.45) is 3.39. The summed E-state index contributed by atoms with van der Waals surface area (Å²) < 4.78 is 6.44. The molecule has 98 valence electrons. The van der Waals surface area contributed by atoms with Gasteiger partial charge < -0.3 is 10.1 Å². The summed E-state index contributed by atoms with van der Waals surface area (Å²) in [5.74, 6) is 0.585. The van der Waals surface area contributed by atoms with Crippen LogP contribution >= 0.6 is 15.9 Å². The minimum Gasteiger partial charge on any atom is -0.377 e. The van der Waals surface area contributed by atoms with Crippen molar-refractivity contribution >= 4 is 27.7 Å². The first-order valence-electron chi connectivity index (χ1n) is 6.16. The third kappa shape index (κ3) is 2.90. The van der Waals surface area contributed by atoms with Crippen molar-refractivity contribution in [3.63, 3.8) is 0 Å². The molecule has 2 atom stereocenters. The van der Waals surface area contributed by atoms with Crippen molar-refractivity contribution in [1.29, 1.82) is 0 Å². The molecule has 1 fully saturated rings. The molecule has 0 spiro atoms. The number of hydrogen-bond acceptors (Lipinski definition) is 3. The molecular weight excluding hydrogens is 296 g/mol. The molecule has 1 aromatic rings. The van der Waals surface area contributed by atoms with Crippen LogP contribution in [0.2, 0.25) is 0 Å². The first-order valence-corrected chi connectivity index (χ1v) is 6.95. The molecule has 1 aliphatic rings. The van der Waals surface area contributed by atoms with Gasteiger partial charge in [0, 0.05) is 17.3 Å². The van der Waals surface area contributed by atoms with Crippen LogP contribution in [0.5, 0.6) is 0 Å². The standard InChI is InChI=1S/C13H17BrN2O2/c1-3-11-10(4-5-18-11)13(17)16-12-8(2)6-9(14)7-15-12/h6-7,10-11H,3-5H2,1-2H3,(H,15,16,17). The zero-order valence-electron chi connectivity index (χ0n) is 10.6. The second-order valence-corrected chi connectivity index (χ2v) is 5.44. The van der Waals surface area contributed by atoms with Gasteiger partial charge in [-0.1, -0.05) is 6.92 Å². The van der Waals surface area contributed by atoms with Crippen LogP contribution in [-0.4, -0.2) is 23.6 Å². The monoisotopic (exact) mass is 312 g/mol. The van der Waals surface area contributed by atoms with E-state index in [-0.39, 0.29) is 17.9 Å². The highest BCUT2D eigenvalue weighted by atomic mass is 79.9. The van der Waals surface area contributed by atoms with Crippen LogP contribution in [0, 0.1) is 12.8 Å². The van der Waals surface area contributed by atoms with Gasteiger partial charge in [-0.2, -0.15) is 0 Å². The van der Waals surface area contributed by atoms with Crippen molar-refractivity contribution in [3.05, 3.63) is 22.3 Å². The molecule has 1 N–H and O–H groups in total. The molecule has 0 bridgehead atoms. The Kier molecular flexibility index (Phi) is 4.35. The van der Waals surface area contributed by atoms with Crippen LogP contribution in [0.3, 0.4) is 0 Å². The highest BCUT2D eigenvalue weighted by molar-refractivity contribution is 9.10. The van der Waals surface area contributed by atoms with Crippen molar-refractivity contribution in [3.8, 4) is 0 Å². The van der Waals surface area contributed by atoms with Gasteiger partial charge in [0.2, 0.25) is 5.91 Å². The Morgan fingerprint density at radius 3 is 3.11 bits per heavy atom. The zero-order chi connectivity index (χ0) is 13.1. The van der Waals surface area contributed by atoms with Crippen molar-refractivity contribution < 1.29 is 9.53 Å². The quantitative estimate of drug-likeness (QED) is 0.933. The maximum Gasteiger partial charge on any atom is 0.231 e. The number of pyridine rings is 1. The lowest BCUT2D eigenvalue weighted by Gasteiger charge is -2.16. The van der Waals surface area contributed by atoms with Crippen LogP contribution in [-0.2, 0) is 9.53 Å². The molecule has 0 saturated carbocycles. The number of nitrogens with zero attached hydrogens (tertiary/aromatic N) is 1. The predicted molar refractivity (Wildman–Crippen MR) is 73.4 cm³/mol. The van der Waals surface area contributed by atoms with Crippen molar-refractivity contribution in [2.75, 3.05) is 11.9 Å². The summed E-state index contributed by atoms with van der Waals surface area (Å²) in [5, 5.41) is 2.89. The van der Waals surface area contributed by atoms with Gasteiger partial charge in [0.25, 0.3) is 0 Å². The van der Waals surface area contributed by atoms with E-state index in [0.29, 0.717) is 12.4 Å². The van der Waals surface area contributed by atoms with Gasteiger partial charge >= 0.3 is 0 Å². The van der Waals surface area contributed by atoms with E-state index in [1.807, 2.05) is 19.9 Å². The van der Waals surface area contributed by atoms with Gasteiger partial charge in [0.05, 0.1) is 12.0 Å².